The predicted molar refractivity (Wildman–Crippen MR) is 28.0 cm³/mol. The van der Waals surface area contributed by atoms with Gasteiger partial charge in [-0.2, -0.15) is 0 Å². The molecule has 0 aliphatic heterocycles. The van der Waals surface area contributed by atoms with Crippen LogP contribution in [0.2, 0.25) is 0 Å². The van der Waals surface area contributed by atoms with Gasteiger partial charge in [-0.1, -0.05) is 13.8 Å². The number of nitrogens with one attached hydrogen (secondary N) is 2. The van der Waals surface area contributed by atoms with Gasteiger partial charge in [-0.25, -0.2) is 0 Å². The van der Waals surface area contributed by atoms with Gasteiger partial charge in [0.25, 0.3) is 0 Å². The van der Waals surface area contributed by atoms with Gasteiger partial charge in [-0.3, -0.25) is 4.79 Å². The first kappa shape index (κ1) is 15.7. The molecule has 0 spiro atoms. The number of carbonyl (C=O) groups is 1. The molecule has 1 radical (unpaired) electrons. The molecule has 0 heterocycles. The summed E-state index contributed by atoms with van der Waals surface area (Å²) < 4.78 is 0. The van der Waals surface area contributed by atoms with Crippen molar-refractivity contribution in [1.29, 1.82) is 0 Å². The summed E-state index contributed by atoms with van der Waals surface area (Å²) in [5, 5.41) is 2.33. The zero-order valence-corrected chi connectivity index (χ0v) is 14.7. The summed E-state index contributed by atoms with van der Waals surface area (Å²) in [6, 6.07) is -0.625. The number of hydrogen-bond acceptors (Lipinski definition) is 1. The molecule has 0 bridgehead atoms. The summed E-state index contributed by atoms with van der Waals surface area (Å²) >= 11 is 0. The number of rotatable bonds is 1. The third kappa shape index (κ3) is 19.6. The molecule has 5 heteroatoms. The van der Waals surface area contributed by atoms with E-state index in [1.54, 1.807) is 0 Å². The van der Waals surface area contributed by atoms with E-state index in [0.29, 0.717) is 0 Å². The van der Waals surface area contributed by atoms with E-state index in [1.165, 1.54) is 0 Å². The van der Waals surface area contributed by atoms with Crippen molar-refractivity contribution < 1.29 is 25.2 Å². The van der Waals surface area contributed by atoms with Crippen LogP contribution in [0.25, 0.3) is 5.73 Å². The van der Waals surface area contributed by atoms with Crippen molar-refractivity contribution >= 4 is 6.03 Å². The first-order chi connectivity index (χ1) is 3.13. The van der Waals surface area contributed by atoms with Crippen molar-refractivity contribution in [1.82, 2.24) is 5.32 Å². The van der Waals surface area contributed by atoms with Crippen LogP contribution in [-0.4, -0.2) is 12.1 Å². The molecule has 51 valence electrons. The quantitative estimate of drug-likeness (QED) is 0.520. The topological polar surface area (TPSA) is 52.9 Å². The van der Waals surface area contributed by atoms with E-state index >= 15 is 0 Å². The van der Waals surface area contributed by atoms with Crippen LogP contribution >= 0.6 is 0 Å². The molecule has 0 unspecified atom stereocenters. The van der Waals surface area contributed by atoms with Crippen LogP contribution in [0.5, 0.6) is 0 Å². The maximum absolute atomic E-state index is 9.81. The molecule has 0 aromatic rings. The molecule has 0 aliphatic carbocycles. The second kappa shape index (κ2) is 6.93. The van der Waals surface area contributed by atoms with Gasteiger partial charge in [0.15, 0.2) is 0 Å². The third-order valence-electron chi connectivity index (χ3n) is 0.420. The minimum Gasteiger partial charge on any atom is -0.447 e. The minimum absolute atomic E-state index is 0. The molecule has 0 saturated heterocycles. The molecule has 9 heavy (non-hydrogen) atoms. The van der Waals surface area contributed by atoms with E-state index in [0.717, 1.165) is 0 Å². The Hall–Kier alpha value is -1.07. The average molecular weight is 554 g/mol. The summed E-state index contributed by atoms with van der Waals surface area (Å²) in [6.45, 7) is 3.62. The second-order valence-corrected chi connectivity index (χ2v) is 1.63. The summed E-state index contributed by atoms with van der Waals surface area (Å²) in [5.74, 6) is 0. The zero-order valence-electron chi connectivity index (χ0n) is 5.57. The number of urea groups is 1. The monoisotopic (exact) mass is 555 g/mol. The Morgan fingerprint density at radius 2 is 1.89 bits per heavy atom. The van der Waals surface area contributed by atoms with Crippen LogP contribution in [0.3, 0.4) is 0 Å². The normalized spacial score (nSPS) is 7.00. The smallest absolute Gasteiger partial charge is 0.150 e. The molecule has 0 fully saturated rings. The number of hydrogen-bond donors (Lipinski definition) is 1. The van der Waals surface area contributed by atoms with Gasteiger partial charge in [0.05, 0.1) is 0 Å². The first-order valence-electron chi connectivity index (χ1n) is 2.15. The minimum atomic E-state index is -0.713. The Balaban J connectivity index is -0.000000180. The predicted octanol–water partition coefficient (Wildman–Crippen LogP) is 1.15. The Bertz CT molecular complexity index is 79.0. The van der Waals surface area contributed by atoms with E-state index in [2.05, 4.69) is 5.32 Å². The van der Waals surface area contributed by atoms with Crippen molar-refractivity contribution in [3.05, 3.63) is 5.73 Å². The van der Waals surface area contributed by atoms with Crippen LogP contribution in [0.4, 0.5) is 4.79 Å². The summed E-state index contributed by atoms with van der Waals surface area (Å²) in [7, 11) is 0. The van der Waals surface area contributed by atoms with Gasteiger partial charge in [-0.05, 0) is 6.04 Å². The van der Waals surface area contributed by atoms with Crippen molar-refractivity contribution in [2.45, 2.75) is 19.9 Å². The van der Waals surface area contributed by atoms with Gasteiger partial charge in [0.2, 0.25) is 0 Å². The molecule has 0 aromatic heterocycles. The maximum atomic E-state index is 9.81. The zero-order chi connectivity index (χ0) is 5.86. The molecule has 3 nitrogen and oxygen atoms in total. The fraction of sp³-hybridized carbons (Fsp3) is 0.750. The van der Waals surface area contributed by atoms with Gasteiger partial charge in [0.1, 0.15) is 6.03 Å². The van der Waals surface area contributed by atoms with Gasteiger partial charge < -0.3 is 11.1 Å². The summed E-state index contributed by atoms with van der Waals surface area (Å²) in [4.78, 5) is 9.81. The van der Waals surface area contributed by atoms with Crippen molar-refractivity contribution in [2.75, 3.05) is 0 Å². The van der Waals surface area contributed by atoms with Crippen LogP contribution in [-0.2, 0) is 20.4 Å². The van der Waals surface area contributed by atoms with Crippen molar-refractivity contribution in [3.63, 3.8) is 0 Å². The summed E-state index contributed by atoms with van der Waals surface area (Å²) in [6.07, 6.45) is 0. The Morgan fingerprint density at radius 3 is 1.89 bits per heavy atom. The summed E-state index contributed by atoms with van der Waals surface area (Å²) in [5.41, 5.74) is 6.36. The van der Waals surface area contributed by atoms with E-state index in [9.17, 15) is 4.79 Å². The Kier molecular flexibility index (Phi) is 12.1. The second-order valence-electron chi connectivity index (χ2n) is 1.63. The van der Waals surface area contributed by atoms with E-state index < -0.39 is 6.03 Å². The molecule has 2 N–H and O–H groups in total. The van der Waals surface area contributed by atoms with Crippen molar-refractivity contribution in [2.24, 2.45) is 0 Å². The largest absolute Gasteiger partial charge is 0.447 e. The molecule has 0 saturated carbocycles. The maximum Gasteiger partial charge on any atom is 0.150 e. The number of carbonyl (C=O) groups excluding carboxylic acids is 1. The van der Waals surface area contributed by atoms with E-state index in [4.69, 9.17) is 5.73 Å². The van der Waals surface area contributed by atoms with Crippen LogP contribution in [0.15, 0.2) is 0 Å². The van der Waals surface area contributed by atoms with E-state index in [-0.39, 0.29) is 26.5 Å². The third-order valence-corrected chi connectivity index (χ3v) is 0.420. The molecule has 2 amide bonds. The average Bonchev–Trinajstić information content (AvgIpc) is 1.27. The molecule has 0 rings (SSSR count). The Labute approximate surface area is 62.7 Å². The fourth-order valence-electron chi connectivity index (χ4n) is 0.262. The van der Waals surface area contributed by atoms with Crippen molar-refractivity contribution in [3.8, 4) is 0 Å². The Morgan fingerprint density at radius 1 is 1.56 bits per heavy atom. The number of amides is 2. The molecule has 0 aliphatic rings. The molecule has 0 aromatic carbocycles. The van der Waals surface area contributed by atoms with Gasteiger partial charge in [0, 0.05) is 20.4 Å². The van der Waals surface area contributed by atoms with Gasteiger partial charge in [-0.15, -0.1) is 0 Å². The molecule has 0 atom stereocenters. The van der Waals surface area contributed by atoms with Crippen LogP contribution in [0.1, 0.15) is 13.8 Å². The first-order valence-corrected chi connectivity index (χ1v) is 2.15. The van der Waals surface area contributed by atoms with Crippen LogP contribution < -0.4 is 5.32 Å². The fourth-order valence-corrected chi connectivity index (χ4v) is 0.262. The SMILES string of the molecule is CC(C)NC([NH-])=O.[Re].[Rf]. The molecular weight excluding hydrogens is 545 g/mol. The van der Waals surface area contributed by atoms with E-state index in [1.807, 2.05) is 13.8 Å². The van der Waals surface area contributed by atoms with Crippen LogP contribution in [0, 0.1) is 0 Å². The standard InChI is InChI=1S/C4H10N2O.Re.Rf/c1-3(2)6-4(5)7;;/h3H,1-2H3,(H3,5,6,7);;/p-1. The molecular formula is C4H9N2OReRf-. The van der Waals surface area contributed by atoms with Gasteiger partial charge >= 0.3 is 0 Å².